The molecule has 2 aliphatic rings. The Morgan fingerprint density at radius 3 is 2.67 bits per heavy atom. The van der Waals surface area contributed by atoms with E-state index in [1.807, 2.05) is 12.1 Å². The Balaban J connectivity index is 1.66. The fraction of sp³-hybridized carbons (Fsp3) is 0.304. The zero-order valence-corrected chi connectivity index (χ0v) is 15.1. The van der Waals surface area contributed by atoms with Gasteiger partial charge in [-0.15, -0.1) is 6.42 Å². The topological polar surface area (TPSA) is 57.6 Å². The molecular weight excluding hydrogens is 338 g/mol. The molecule has 0 bridgehead atoms. The first kappa shape index (κ1) is 17.5. The maximum Gasteiger partial charge on any atom is 0.265 e. The van der Waals surface area contributed by atoms with Crippen LogP contribution in [0, 0.1) is 12.3 Å². The maximum atomic E-state index is 12.9. The fourth-order valence-corrected chi connectivity index (χ4v) is 4.17. The minimum absolute atomic E-state index is 0.0607. The van der Waals surface area contributed by atoms with Gasteiger partial charge in [-0.05, 0) is 48.9 Å². The van der Waals surface area contributed by atoms with E-state index < -0.39 is 11.5 Å². The molecule has 1 amide bonds. The highest BCUT2D eigenvalue weighted by molar-refractivity contribution is 6.11. The summed E-state index contributed by atoms with van der Waals surface area (Å²) in [5.74, 6) is 1.67. The lowest BCUT2D eigenvalue weighted by molar-refractivity contribution is -0.135. The highest BCUT2D eigenvalue weighted by atomic mass is 16.3. The lowest BCUT2D eigenvalue weighted by atomic mass is 9.85. The van der Waals surface area contributed by atoms with Crippen LogP contribution in [0.25, 0.3) is 0 Å². The first-order valence-corrected chi connectivity index (χ1v) is 9.27. The average Bonchev–Trinajstić information content (AvgIpc) is 2.90. The number of fused-ring (bicyclic) bond motifs is 2. The zero-order valence-electron chi connectivity index (χ0n) is 15.1. The minimum Gasteiger partial charge on any atom is -0.375 e. The molecule has 1 aliphatic heterocycles. The largest absolute Gasteiger partial charge is 0.375 e. The van der Waals surface area contributed by atoms with Crippen molar-refractivity contribution in [3.05, 3.63) is 64.7 Å². The van der Waals surface area contributed by atoms with Crippen molar-refractivity contribution in [3.63, 3.8) is 0 Å². The first-order valence-electron chi connectivity index (χ1n) is 9.27. The Morgan fingerprint density at radius 2 is 1.89 bits per heavy atom. The number of carbonyl (C=O) groups is 2. The number of Topliss-reactive ketones (excluding diaryl/α,β-unsaturated/α-hetero) is 1. The maximum absolute atomic E-state index is 12.9. The SMILES string of the molecule is C#CCN1C(=O)[C@](O)(CC(=O)c2ccc3c(c2)CCCC3)c2ccccc21. The number of terminal acetylenes is 1. The van der Waals surface area contributed by atoms with Crippen molar-refractivity contribution in [2.75, 3.05) is 11.4 Å². The lowest BCUT2D eigenvalue weighted by Crippen LogP contribution is -2.42. The van der Waals surface area contributed by atoms with Crippen molar-refractivity contribution >= 4 is 17.4 Å². The lowest BCUT2D eigenvalue weighted by Gasteiger charge is -2.22. The van der Waals surface area contributed by atoms with Crippen LogP contribution in [-0.2, 0) is 23.2 Å². The molecule has 0 saturated carbocycles. The van der Waals surface area contributed by atoms with Gasteiger partial charge in [0.2, 0.25) is 0 Å². The normalized spacial score (nSPS) is 20.7. The Morgan fingerprint density at radius 1 is 1.15 bits per heavy atom. The summed E-state index contributed by atoms with van der Waals surface area (Å²) in [4.78, 5) is 27.2. The van der Waals surface area contributed by atoms with E-state index in [0.29, 0.717) is 16.8 Å². The molecule has 1 atom stereocenters. The van der Waals surface area contributed by atoms with E-state index in [2.05, 4.69) is 5.92 Å². The molecule has 1 heterocycles. The van der Waals surface area contributed by atoms with Gasteiger partial charge in [0, 0.05) is 11.1 Å². The summed E-state index contributed by atoms with van der Waals surface area (Å²) >= 11 is 0. The molecule has 0 unspecified atom stereocenters. The molecule has 4 nitrogen and oxygen atoms in total. The van der Waals surface area contributed by atoms with Crippen molar-refractivity contribution in [2.24, 2.45) is 0 Å². The number of benzene rings is 2. The van der Waals surface area contributed by atoms with Crippen LogP contribution in [0.4, 0.5) is 5.69 Å². The van der Waals surface area contributed by atoms with Crippen LogP contribution in [0.3, 0.4) is 0 Å². The standard InChI is InChI=1S/C23H21NO3/c1-2-13-24-20-10-6-5-9-19(20)23(27,22(24)26)15-21(25)18-12-11-16-7-3-4-8-17(16)14-18/h1,5-6,9-12,14,27H,3-4,7-8,13,15H2/t23-/m0/s1. The monoisotopic (exact) mass is 359 g/mol. The smallest absolute Gasteiger partial charge is 0.265 e. The molecule has 1 aliphatic carbocycles. The molecule has 27 heavy (non-hydrogen) atoms. The number of anilines is 1. The van der Waals surface area contributed by atoms with E-state index in [4.69, 9.17) is 6.42 Å². The van der Waals surface area contributed by atoms with Crippen LogP contribution in [0.5, 0.6) is 0 Å². The summed E-state index contributed by atoms with van der Waals surface area (Å²) in [5, 5.41) is 11.2. The summed E-state index contributed by atoms with van der Waals surface area (Å²) in [6.45, 7) is 0.0607. The summed E-state index contributed by atoms with van der Waals surface area (Å²) in [5.41, 5.74) is 2.17. The minimum atomic E-state index is -1.87. The van der Waals surface area contributed by atoms with Gasteiger partial charge < -0.3 is 5.11 Å². The molecule has 0 saturated heterocycles. The van der Waals surface area contributed by atoms with Gasteiger partial charge in [-0.25, -0.2) is 0 Å². The number of carbonyl (C=O) groups excluding carboxylic acids is 2. The van der Waals surface area contributed by atoms with E-state index >= 15 is 0 Å². The first-order chi connectivity index (χ1) is 13.0. The number of nitrogens with zero attached hydrogens (tertiary/aromatic N) is 1. The van der Waals surface area contributed by atoms with Crippen molar-refractivity contribution in [3.8, 4) is 12.3 Å². The summed E-state index contributed by atoms with van der Waals surface area (Å²) in [6, 6.07) is 12.7. The number of aryl methyl sites for hydroxylation is 2. The van der Waals surface area contributed by atoms with Gasteiger partial charge in [0.15, 0.2) is 11.4 Å². The molecule has 0 radical (unpaired) electrons. The Kier molecular flexibility index (Phi) is 4.33. The Labute approximate surface area is 158 Å². The third kappa shape index (κ3) is 2.85. The van der Waals surface area contributed by atoms with Crippen molar-refractivity contribution in [1.82, 2.24) is 0 Å². The van der Waals surface area contributed by atoms with Crippen molar-refractivity contribution in [1.29, 1.82) is 0 Å². The molecule has 0 spiro atoms. The van der Waals surface area contributed by atoms with Crippen LogP contribution in [0.15, 0.2) is 42.5 Å². The van der Waals surface area contributed by atoms with Crippen LogP contribution < -0.4 is 4.90 Å². The molecule has 4 heteroatoms. The van der Waals surface area contributed by atoms with Gasteiger partial charge >= 0.3 is 0 Å². The van der Waals surface area contributed by atoms with E-state index in [0.717, 1.165) is 19.3 Å². The van der Waals surface area contributed by atoms with Gasteiger partial charge in [-0.3, -0.25) is 14.5 Å². The number of aliphatic hydroxyl groups is 1. The second kappa shape index (κ2) is 6.68. The van der Waals surface area contributed by atoms with Gasteiger partial charge in [0.05, 0.1) is 18.7 Å². The highest BCUT2D eigenvalue weighted by Crippen LogP contribution is 2.42. The molecule has 136 valence electrons. The molecule has 2 aromatic carbocycles. The number of para-hydroxylation sites is 1. The third-order valence-electron chi connectivity index (χ3n) is 5.58. The third-order valence-corrected chi connectivity index (χ3v) is 5.58. The molecule has 4 rings (SSSR count). The summed E-state index contributed by atoms with van der Waals surface area (Å²) < 4.78 is 0. The number of amides is 1. The Hall–Kier alpha value is -2.90. The molecule has 1 N–H and O–H groups in total. The van der Waals surface area contributed by atoms with Crippen LogP contribution >= 0.6 is 0 Å². The molecule has 0 fully saturated rings. The number of ketones is 1. The highest BCUT2D eigenvalue weighted by Gasteiger charge is 2.50. The second-order valence-corrected chi connectivity index (χ2v) is 7.26. The van der Waals surface area contributed by atoms with Crippen molar-refractivity contribution < 1.29 is 14.7 Å². The van der Waals surface area contributed by atoms with Crippen LogP contribution in [0.1, 0.15) is 46.3 Å². The van der Waals surface area contributed by atoms with Gasteiger partial charge in [0.25, 0.3) is 5.91 Å². The van der Waals surface area contributed by atoms with E-state index in [9.17, 15) is 14.7 Å². The molecule has 2 aromatic rings. The Bertz CT molecular complexity index is 972. The second-order valence-electron chi connectivity index (χ2n) is 7.26. The van der Waals surface area contributed by atoms with Crippen LogP contribution in [-0.4, -0.2) is 23.3 Å². The quantitative estimate of drug-likeness (QED) is 0.674. The molecular formula is C23H21NO3. The number of rotatable bonds is 4. The summed E-state index contributed by atoms with van der Waals surface area (Å²) in [6.07, 6.45) is 9.41. The predicted molar refractivity (Wildman–Crippen MR) is 104 cm³/mol. The van der Waals surface area contributed by atoms with Gasteiger partial charge in [0.1, 0.15) is 0 Å². The van der Waals surface area contributed by atoms with Gasteiger partial charge in [-0.1, -0.05) is 36.3 Å². The van der Waals surface area contributed by atoms with Crippen LogP contribution in [0.2, 0.25) is 0 Å². The fourth-order valence-electron chi connectivity index (χ4n) is 4.17. The molecule has 0 aromatic heterocycles. The number of hydrogen-bond acceptors (Lipinski definition) is 3. The van der Waals surface area contributed by atoms with E-state index in [1.54, 1.807) is 30.3 Å². The number of hydrogen-bond donors (Lipinski definition) is 1. The summed E-state index contributed by atoms with van der Waals surface area (Å²) in [7, 11) is 0. The average molecular weight is 359 g/mol. The van der Waals surface area contributed by atoms with E-state index in [1.165, 1.54) is 22.4 Å². The van der Waals surface area contributed by atoms with Gasteiger partial charge in [-0.2, -0.15) is 0 Å². The van der Waals surface area contributed by atoms with E-state index in [-0.39, 0.29) is 18.7 Å². The van der Waals surface area contributed by atoms with Crippen molar-refractivity contribution in [2.45, 2.75) is 37.7 Å². The predicted octanol–water partition coefficient (Wildman–Crippen LogP) is 3.01. The zero-order chi connectivity index (χ0) is 19.0.